The number of pyridine rings is 1. The van der Waals surface area contributed by atoms with Gasteiger partial charge in [0.05, 0.1) is 5.56 Å². The van der Waals surface area contributed by atoms with Crippen LogP contribution in [0.25, 0.3) is 0 Å². The summed E-state index contributed by atoms with van der Waals surface area (Å²) in [6, 6.07) is 4.93. The Labute approximate surface area is 108 Å². The Morgan fingerprint density at radius 2 is 2.17 bits per heavy atom. The minimum atomic E-state index is 0.663. The van der Waals surface area contributed by atoms with Crippen LogP contribution in [-0.4, -0.2) is 24.1 Å². The van der Waals surface area contributed by atoms with Crippen molar-refractivity contribution in [2.45, 2.75) is 39.2 Å². The lowest BCUT2D eigenvalue weighted by Gasteiger charge is -2.10. The van der Waals surface area contributed by atoms with E-state index in [0.29, 0.717) is 5.56 Å². The van der Waals surface area contributed by atoms with E-state index in [1.807, 2.05) is 19.9 Å². The quantitative estimate of drug-likeness (QED) is 0.753. The van der Waals surface area contributed by atoms with Gasteiger partial charge in [0.25, 0.3) is 0 Å². The van der Waals surface area contributed by atoms with Crippen molar-refractivity contribution < 1.29 is 0 Å². The molecule has 1 heterocycles. The van der Waals surface area contributed by atoms with Gasteiger partial charge in [-0.2, -0.15) is 5.26 Å². The molecule has 1 aromatic rings. The first-order valence-electron chi connectivity index (χ1n) is 6.56. The predicted molar refractivity (Wildman–Crippen MR) is 72.6 cm³/mol. The number of hydrogen-bond acceptors (Lipinski definition) is 4. The van der Waals surface area contributed by atoms with Gasteiger partial charge in [-0.25, -0.2) is 4.98 Å². The average molecular weight is 244 g/mol. The molecular formula is C14H20N4. The number of hydrogen-bond donors (Lipinski definition) is 2. The zero-order valence-corrected chi connectivity index (χ0v) is 11.1. The van der Waals surface area contributed by atoms with E-state index in [2.05, 4.69) is 21.7 Å². The van der Waals surface area contributed by atoms with Crippen molar-refractivity contribution in [3.05, 3.63) is 22.9 Å². The normalized spacial score (nSPS) is 14.3. The molecule has 2 rings (SSSR count). The standard InChI is InChI=1S/C14H20N4/c1-10-8-11(2)18-14(13(10)9-15)17-7-3-6-16-12-4-5-12/h8,12,16H,3-7H2,1-2H3,(H,17,18). The van der Waals surface area contributed by atoms with Crippen molar-refractivity contribution in [1.29, 1.82) is 5.26 Å². The van der Waals surface area contributed by atoms with Gasteiger partial charge < -0.3 is 10.6 Å². The maximum Gasteiger partial charge on any atom is 0.144 e. The zero-order chi connectivity index (χ0) is 13.0. The maximum atomic E-state index is 9.13. The van der Waals surface area contributed by atoms with Crippen LogP contribution >= 0.6 is 0 Å². The Bertz CT molecular complexity index is 458. The third-order valence-corrected chi connectivity index (χ3v) is 3.11. The molecule has 0 aliphatic heterocycles. The summed E-state index contributed by atoms with van der Waals surface area (Å²) < 4.78 is 0. The average Bonchev–Trinajstić information content (AvgIpc) is 3.12. The molecule has 96 valence electrons. The molecule has 0 spiro atoms. The Kier molecular flexibility index (Phi) is 4.16. The van der Waals surface area contributed by atoms with Crippen LogP contribution in [0, 0.1) is 25.2 Å². The van der Waals surface area contributed by atoms with Gasteiger partial charge in [-0.3, -0.25) is 0 Å². The number of nitrogens with zero attached hydrogens (tertiary/aromatic N) is 2. The predicted octanol–water partition coefficient (Wildman–Crippen LogP) is 2.12. The van der Waals surface area contributed by atoms with Gasteiger partial charge in [0, 0.05) is 18.3 Å². The Balaban J connectivity index is 1.85. The van der Waals surface area contributed by atoms with Gasteiger partial charge in [-0.15, -0.1) is 0 Å². The Morgan fingerprint density at radius 1 is 1.39 bits per heavy atom. The molecule has 1 aliphatic rings. The Hall–Kier alpha value is -1.60. The summed E-state index contributed by atoms with van der Waals surface area (Å²) in [5, 5.41) is 15.9. The summed E-state index contributed by atoms with van der Waals surface area (Å²) >= 11 is 0. The maximum absolute atomic E-state index is 9.13. The topological polar surface area (TPSA) is 60.7 Å². The molecule has 1 fully saturated rings. The molecule has 1 aliphatic carbocycles. The molecule has 2 N–H and O–H groups in total. The molecule has 4 nitrogen and oxygen atoms in total. The fourth-order valence-corrected chi connectivity index (χ4v) is 1.99. The van der Waals surface area contributed by atoms with Crippen molar-refractivity contribution >= 4 is 5.82 Å². The van der Waals surface area contributed by atoms with Crippen LogP contribution < -0.4 is 10.6 Å². The van der Waals surface area contributed by atoms with Crippen LogP contribution in [0.2, 0.25) is 0 Å². The van der Waals surface area contributed by atoms with E-state index in [1.54, 1.807) is 0 Å². The van der Waals surface area contributed by atoms with E-state index in [1.165, 1.54) is 12.8 Å². The molecule has 0 atom stereocenters. The second-order valence-electron chi connectivity index (χ2n) is 4.92. The van der Waals surface area contributed by atoms with Crippen LogP contribution in [0.15, 0.2) is 6.07 Å². The highest BCUT2D eigenvalue weighted by Crippen LogP contribution is 2.19. The molecule has 4 heteroatoms. The van der Waals surface area contributed by atoms with Gasteiger partial charge in [0.2, 0.25) is 0 Å². The number of nitrogens with one attached hydrogen (secondary N) is 2. The van der Waals surface area contributed by atoms with Crippen molar-refractivity contribution in [1.82, 2.24) is 10.3 Å². The summed E-state index contributed by atoms with van der Waals surface area (Å²) in [4.78, 5) is 4.40. The Morgan fingerprint density at radius 3 is 2.83 bits per heavy atom. The lowest BCUT2D eigenvalue weighted by Crippen LogP contribution is -2.20. The van der Waals surface area contributed by atoms with E-state index in [0.717, 1.165) is 42.6 Å². The number of nitriles is 1. The lowest BCUT2D eigenvalue weighted by molar-refractivity contribution is 0.658. The minimum Gasteiger partial charge on any atom is -0.369 e. The second kappa shape index (κ2) is 5.83. The first-order valence-corrected chi connectivity index (χ1v) is 6.56. The number of anilines is 1. The zero-order valence-electron chi connectivity index (χ0n) is 11.1. The summed E-state index contributed by atoms with van der Waals surface area (Å²) in [5.41, 5.74) is 2.60. The molecule has 0 amide bonds. The highest BCUT2D eigenvalue weighted by molar-refractivity contribution is 5.56. The SMILES string of the molecule is Cc1cc(C)c(C#N)c(NCCCNC2CC2)n1. The molecule has 1 saturated carbocycles. The molecule has 0 bridgehead atoms. The first kappa shape index (κ1) is 12.8. The van der Waals surface area contributed by atoms with E-state index < -0.39 is 0 Å². The first-order chi connectivity index (χ1) is 8.70. The van der Waals surface area contributed by atoms with Crippen molar-refractivity contribution in [2.24, 2.45) is 0 Å². The number of aryl methyl sites for hydroxylation is 2. The third kappa shape index (κ3) is 3.44. The van der Waals surface area contributed by atoms with Gasteiger partial charge in [-0.05, 0) is 51.3 Å². The lowest BCUT2D eigenvalue weighted by atomic mass is 10.1. The van der Waals surface area contributed by atoms with Crippen LogP contribution in [0.5, 0.6) is 0 Å². The highest BCUT2D eigenvalue weighted by Gasteiger charge is 2.19. The van der Waals surface area contributed by atoms with Crippen LogP contribution in [0.4, 0.5) is 5.82 Å². The van der Waals surface area contributed by atoms with Crippen LogP contribution in [-0.2, 0) is 0 Å². The molecule has 0 aromatic carbocycles. The molecule has 1 aromatic heterocycles. The largest absolute Gasteiger partial charge is 0.369 e. The number of rotatable bonds is 6. The molecule has 0 unspecified atom stereocenters. The summed E-state index contributed by atoms with van der Waals surface area (Å²) in [5.74, 6) is 0.724. The van der Waals surface area contributed by atoms with Gasteiger partial charge >= 0.3 is 0 Å². The van der Waals surface area contributed by atoms with Gasteiger partial charge in [0.15, 0.2) is 0 Å². The smallest absolute Gasteiger partial charge is 0.144 e. The fraction of sp³-hybridized carbons (Fsp3) is 0.571. The monoisotopic (exact) mass is 244 g/mol. The fourth-order valence-electron chi connectivity index (χ4n) is 1.99. The van der Waals surface area contributed by atoms with Gasteiger partial charge in [-0.1, -0.05) is 0 Å². The number of aromatic nitrogens is 1. The van der Waals surface area contributed by atoms with Crippen molar-refractivity contribution in [3.8, 4) is 6.07 Å². The molecule has 18 heavy (non-hydrogen) atoms. The molecule has 0 radical (unpaired) electrons. The van der Waals surface area contributed by atoms with Crippen molar-refractivity contribution in [2.75, 3.05) is 18.4 Å². The van der Waals surface area contributed by atoms with E-state index in [4.69, 9.17) is 5.26 Å². The van der Waals surface area contributed by atoms with Crippen molar-refractivity contribution in [3.63, 3.8) is 0 Å². The van der Waals surface area contributed by atoms with Crippen LogP contribution in [0.1, 0.15) is 36.1 Å². The van der Waals surface area contributed by atoms with Gasteiger partial charge in [0.1, 0.15) is 11.9 Å². The van der Waals surface area contributed by atoms with E-state index in [-0.39, 0.29) is 0 Å². The highest BCUT2D eigenvalue weighted by atomic mass is 15.0. The molecule has 0 saturated heterocycles. The van der Waals surface area contributed by atoms with Crippen LogP contribution in [0.3, 0.4) is 0 Å². The summed E-state index contributed by atoms with van der Waals surface area (Å²) in [6.07, 6.45) is 3.70. The second-order valence-corrected chi connectivity index (χ2v) is 4.92. The summed E-state index contributed by atoms with van der Waals surface area (Å²) in [7, 11) is 0. The van der Waals surface area contributed by atoms with E-state index >= 15 is 0 Å². The summed E-state index contributed by atoms with van der Waals surface area (Å²) in [6.45, 7) is 5.79. The van der Waals surface area contributed by atoms with E-state index in [9.17, 15) is 0 Å². The third-order valence-electron chi connectivity index (χ3n) is 3.11. The molecular weight excluding hydrogens is 224 g/mol. The minimum absolute atomic E-state index is 0.663.